The maximum absolute atomic E-state index is 14.8. The highest BCUT2D eigenvalue weighted by Crippen LogP contribution is 2.39. The molecular formula is C22H23F4N5O4. The van der Waals surface area contributed by atoms with E-state index in [9.17, 15) is 22.4 Å². The van der Waals surface area contributed by atoms with Crippen LogP contribution >= 0.6 is 0 Å². The molecule has 0 saturated heterocycles. The molecule has 2 heterocycles. The second kappa shape index (κ2) is 11.1. The first-order chi connectivity index (χ1) is 16.6. The minimum atomic E-state index is -4.83. The van der Waals surface area contributed by atoms with Crippen LogP contribution in [0.15, 0.2) is 36.8 Å². The number of hydrogen-bond donors (Lipinski definition) is 1. The topological polar surface area (TPSA) is 100 Å². The Kier molecular flexibility index (Phi) is 8.22. The van der Waals surface area contributed by atoms with E-state index in [1.54, 1.807) is 6.92 Å². The number of pyridine rings is 1. The number of nitrogens with zero attached hydrogens (tertiary/aromatic N) is 4. The molecule has 0 aliphatic heterocycles. The zero-order valence-electron chi connectivity index (χ0n) is 19.1. The van der Waals surface area contributed by atoms with Crippen molar-refractivity contribution in [2.45, 2.75) is 32.1 Å². The van der Waals surface area contributed by atoms with Crippen LogP contribution in [-0.2, 0) is 28.6 Å². The van der Waals surface area contributed by atoms with Crippen LogP contribution < -0.4 is 10.1 Å². The first kappa shape index (κ1) is 25.9. The molecule has 0 unspecified atom stereocenters. The Morgan fingerprint density at radius 3 is 2.51 bits per heavy atom. The number of esters is 1. The van der Waals surface area contributed by atoms with Crippen LogP contribution in [0.1, 0.15) is 28.4 Å². The number of alkyl halides is 3. The summed E-state index contributed by atoms with van der Waals surface area (Å²) in [5.74, 6) is -3.33. The SMILES string of the molecule is COC[C@H](C)Nc1cc(F)c(Oc2ncc(CCn3nccn3)cc2C(F)(F)F)cc1C(=O)OC. The van der Waals surface area contributed by atoms with Gasteiger partial charge in [0.15, 0.2) is 11.6 Å². The van der Waals surface area contributed by atoms with Gasteiger partial charge in [0.2, 0.25) is 5.88 Å². The Morgan fingerprint density at radius 2 is 1.89 bits per heavy atom. The lowest BCUT2D eigenvalue weighted by atomic mass is 10.1. The fraction of sp³-hybridized carbons (Fsp3) is 0.364. The number of halogens is 4. The summed E-state index contributed by atoms with van der Waals surface area (Å²) < 4.78 is 71.0. The minimum Gasteiger partial charge on any atom is -0.465 e. The Bertz CT molecular complexity index is 1160. The molecule has 3 rings (SSSR count). The molecule has 0 amide bonds. The number of anilines is 1. The number of ether oxygens (including phenoxy) is 3. The highest BCUT2D eigenvalue weighted by atomic mass is 19.4. The first-order valence-corrected chi connectivity index (χ1v) is 10.4. The second-order valence-corrected chi connectivity index (χ2v) is 7.49. The zero-order chi connectivity index (χ0) is 25.6. The van der Waals surface area contributed by atoms with Gasteiger partial charge < -0.3 is 19.5 Å². The molecule has 13 heteroatoms. The van der Waals surface area contributed by atoms with Gasteiger partial charge in [0, 0.05) is 31.5 Å². The van der Waals surface area contributed by atoms with Gasteiger partial charge in [0.05, 0.1) is 43.9 Å². The third-order valence-corrected chi connectivity index (χ3v) is 4.78. The molecule has 9 nitrogen and oxygen atoms in total. The molecule has 0 bridgehead atoms. The second-order valence-electron chi connectivity index (χ2n) is 7.49. The van der Waals surface area contributed by atoms with E-state index < -0.39 is 35.2 Å². The van der Waals surface area contributed by atoms with Crippen molar-refractivity contribution in [1.82, 2.24) is 20.0 Å². The molecule has 1 aromatic carbocycles. The largest absolute Gasteiger partial charge is 0.465 e. The standard InChI is InChI=1S/C22H23F4N5O4/c1-13(12-33-2)30-18-10-17(23)19(9-15(18)21(32)34-3)35-20-16(22(24,25)26)8-14(11-27-20)4-7-31-28-5-6-29-31/h5-6,8-11,13,30H,4,7,12H2,1-3H3/t13-/m0/s1. The lowest BCUT2D eigenvalue weighted by Crippen LogP contribution is -2.22. The van der Waals surface area contributed by atoms with Crippen LogP contribution in [0.3, 0.4) is 0 Å². The first-order valence-electron chi connectivity index (χ1n) is 10.4. The molecule has 188 valence electrons. The summed E-state index contributed by atoms with van der Waals surface area (Å²) in [4.78, 5) is 17.3. The summed E-state index contributed by atoms with van der Waals surface area (Å²) in [7, 11) is 2.59. The predicted molar refractivity (Wildman–Crippen MR) is 116 cm³/mol. The average molecular weight is 497 g/mol. The fourth-order valence-electron chi connectivity index (χ4n) is 3.20. The lowest BCUT2D eigenvalue weighted by molar-refractivity contribution is -0.139. The Morgan fingerprint density at radius 1 is 1.17 bits per heavy atom. The van der Waals surface area contributed by atoms with Crippen molar-refractivity contribution in [3.05, 3.63) is 59.3 Å². The van der Waals surface area contributed by atoms with E-state index in [1.807, 2.05) is 0 Å². The van der Waals surface area contributed by atoms with E-state index in [4.69, 9.17) is 14.2 Å². The molecule has 0 fully saturated rings. The maximum atomic E-state index is 14.8. The number of rotatable bonds is 10. The van der Waals surface area contributed by atoms with Crippen LogP contribution in [-0.4, -0.2) is 52.8 Å². The van der Waals surface area contributed by atoms with Crippen molar-refractivity contribution >= 4 is 11.7 Å². The quantitative estimate of drug-likeness (QED) is 0.330. The van der Waals surface area contributed by atoms with Gasteiger partial charge in [-0.3, -0.25) is 0 Å². The van der Waals surface area contributed by atoms with Crippen LogP contribution in [0.2, 0.25) is 0 Å². The molecule has 0 spiro atoms. The van der Waals surface area contributed by atoms with E-state index in [0.717, 1.165) is 25.3 Å². The van der Waals surface area contributed by atoms with E-state index in [1.165, 1.54) is 30.5 Å². The van der Waals surface area contributed by atoms with Crippen molar-refractivity contribution in [3.63, 3.8) is 0 Å². The maximum Gasteiger partial charge on any atom is 0.421 e. The van der Waals surface area contributed by atoms with E-state index in [2.05, 4.69) is 20.5 Å². The van der Waals surface area contributed by atoms with Crippen molar-refractivity contribution in [1.29, 1.82) is 0 Å². The van der Waals surface area contributed by atoms with Crippen molar-refractivity contribution in [2.24, 2.45) is 0 Å². The number of carbonyl (C=O) groups excluding carboxylic acids is 1. The number of hydrogen-bond acceptors (Lipinski definition) is 8. The molecule has 0 aliphatic carbocycles. The number of methoxy groups -OCH3 is 2. The monoisotopic (exact) mass is 497 g/mol. The van der Waals surface area contributed by atoms with Crippen molar-refractivity contribution < 1.29 is 36.6 Å². The van der Waals surface area contributed by atoms with Crippen molar-refractivity contribution in [3.8, 4) is 11.6 Å². The highest BCUT2D eigenvalue weighted by molar-refractivity contribution is 5.96. The Hall–Kier alpha value is -3.74. The van der Waals surface area contributed by atoms with Crippen LogP contribution in [0.25, 0.3) is 0 Å². The van der Waals surface area contributed by atoms with Gasteiger partial charge >= 0.3 is 12.1 Å². The molecule has 1 atom stereocenters. The molecule has 3 aromatic rings. The zero-order valence-corrected chi connectivity index (χ0v) is 19.1. The van der Waals surface area contributed by atoms with Gasteiger partial charge in [0.1, 0.15) is 5.56 Å². The van der Waals surface area contributed by atoms with E-state index >= 15 is 0 Å². The Balaban J connectivity index is 1.93. The number of nitrogens with one attached hydrogen (secondary N) is 1. The summed E-state index contributed by atoms with van der Waals surface area (Å²) in [6.45, 7) is 2.22. The van der Waals surface area contributed by atoms with Gasteiger partial charge in [-0.2, -0.15) is 28.2 Å². The number of aromatic nitrogens is 4. The summed E-state index contributed by atoms with van der Waals surface area (Å²) in [5.41, 5.74) is -1.01. The molecule has 1 N–H and O–H groups in total. The summed E-state index contributed by atoms with van der Waals surface area (Å²) >= 11 is 0. The smallest absolute Gasteiger partial charge is 0.421 e. The minimum absolute atomic E-state index is 0.0674. The Labute approximate surface area is 198 Å². The lowest BCUT2D eigenvalue weighted by Gasteiger charge is -2.19. The molecule has 35 heavy (non-hydrogen) atoms. The summed E-state index contributed by atoms with van der Waals surface area (Å²) in [6, 6.07) is 2.46. The molecular weight excluding hydrogens is 474 g/mol. The fourth-order valence-corrected chi connectivity index (χ4v) is 3.20. The number of carbonyl (C=O) groups is 1. The van der Waals surface area contributed by atoms with Gasteiger partial charge in [-0.1, -0.05) is 0 Å². The van der Waals surface area contributed by atoms with Crippen LogP contribution in [0.5, 0.6) is 11.6 Å². The normalized spacial score (nSPS) is 12.3. The molecule has 0 aliphatic rings. The van der Waals surface area contributed by atoms with E-state index in [-0.39, 0.29) is 42.4 Å². The van der Waals surface area contributed by atoms with E-state index in [0.29, 0.717) is 0 Å². The average Bonchev–Trinajstić information content (AvgIpc) is 3.32. The van der Waals surface area contributed by atoms with Crippen molar-refractivity contribution in [2.75, 3.05) is 26.1 Å². The van der Waals surface area contributed by atoms with Crippen LogP contribution in [0.4, 0.5) is 23.2 Å². The third-order valence-electron chi connectivity index (χ3n) is 4.78. The molecule has 0 saturated carbocycles. The van der Waals surface area contributed by atoms with Gasteiger partial charge in [0.25, 0.3) is 0 Å². The molecule has 2 aromatic heterocycles. The molecule has 0 radical (unpaired) electrons. The number of aryl methyl sites for hydroxylation is 2. The van der Waals surface area contributed by atoms with Gasteiger partial charge in [-0.25, -0.2) is 14.2 Å². The summed E-state index contributed by atoms with van der Waals surface area (Å²) in [6.07, 6.45) is -0.568. The van der Waals surface area contributed by atoms with Gasteiger partial charge in [-0.15, -0.1) is 0 Å². The summed E-state index contributed by atoms with van der Waals surface area (Å²) in [5, 5.41) is 10.7. The third kappa shape index (κ3) is 6.66. The van der Waals surface area contributed by atoms with Gasteiger partial charge in [-0.05, 0) is 25.0 Å². The predicted octanol–water partition coefficient (Wildman–Crippen LogP) is 4.10. The highest BCUT2D eigenvalue weighted by Gasteiger charge is 2.36. The van der Waals surface area contributed by atoms with Crippen LogP contribution in [0, 0.1) is 5.82 Å². The number of benzene rings is 1.